The van der Waals surface area contributed by atoms with Gasteiger partial charge in [-0.05, 0) is 32.1 Å². The summed E-state index contributed by atoms with van der Waals surface area (Å²) >= 11 is 0. The number of nitrogens with one attached hydrogen (secondary N) is 2. The van der Waals surface area contributed by atoms with Crippen molar-refractivity contribution in [2.45, 2.75) is 51.2 Å². The molecular weight excluding hydrogens is 282 g/mol. The van der Waals surface area contributed by atoms with E-state index < -0.39 is 5.91 Å². The third kappa shape index (κ3) is 4.17. The van der Waals surface area contributed by atoms with Gasteiger partial charge in [-0.1, -0.05) is 13.5 Å². The van der Waals surface area contributed by atoms with Crippen LogP contribution in [0.4, 0.5) is 11.8 Å². The lowest BCUT2D eigenvalue weighted by Crippen LogP contribution is -2.31. The number of hydrogen-bond acceptors (Lipinski definition) is 6. The van der Waals surface area contributed by atoms with Gasteiger partial charge in [-0.25, -0.2) is 4.98 Å². The number of carbonyl (C=O) groups excluding carboxylic acids is 1. The van der Waals surface area contributed by atoms with Crippen LogP contribution in [0.1, 0.15) is 49.4 Å². The predicted octanol–water partition coefficient (Wildman–Crippen LogP) is 1.63. The fourth-order valence-electron chi connectivity index (χ4n) is 2.47. The molecule has 7 nitrogen and oxygen atoms in total. The van der Waals surface area contributed by atoms with Crippen molar-refractivity contribution >= 4 is 17.7 Å². The Balaban J connectivity index is 2.19. The highest BCUT2D eigenvalue weighted by molar-refractivity contribution is 5.97. The first-order chi connectivity index (χ1) is 10.5. The summed E-state index contributed by atoms with van der Waals surface area (Å²) in [5, 5.41) is 16.0. The van der Waals surface area contributed by atoms with Gasteiger partial charge in [0, 0.05) is 17.9 Å². The largest absolute Gasteiger partial charge is 0.393 e. The minimum Gasteiger partial charge on any atom is -0.393 e. The maximum atomic E-state index is 11.5. The summed E-state index contributed by atoms with van der Waals surface area (Å²) in [5.74, 6) is 0.184. The lowest BCUT2D eigenvalue weighted by atomic mass is 9.93. The molecular formula is C15H23N5O2. The predicted molar refractivity (Wildman–Crippen MR) is 85.5 cm³/mol. The monoisotopic (exact) mass is 305 g/mol. The van der Waals surface area contributed by atoms with Crippen molar-refractivity contribution in [1.82, 2.24) is 9.97 Å². The number of nitrogens with zero attached hydrogens (tertiary/aromatic N) is 2. The van der Waals surface area contributed by atoms with Crippen LogP contribution in [-0.4, -0.2) is 33.1 Å². The zero-order valence-corrected chi connectivity index (χ0v) is 12.8. The van der Waals surface area contributed by atoms with Crippen LogP contribution in [0.2, 0.25) is 0 Å². The Morgan fingerprint density at radius 3 is 2.95 bits per heavy atom. The lowest BCUT2D eigenvalue weighted by Gasteiger charge is -2.27. The van der Waals surface area contributed by atoms with Crippen LogP contribution in [-0.2, 0) is 0 Å². The summed E-state index contributed by atoms with van der Waals surface area (Å²) in [4.78, 5) is 19.9. The minimum absolute atomic E-state index is 0.0685. The average Bonchev–Trinajstić information content (AvgIpc) is 2.47. The van der Waals surface area contributed by atoms with E-state index in [-0.39, 0.29) is 17.7 Å². The standard InChI is InChI=1S/C15H23N5O2/c1-3-9(2)18-15-17-8-12(13(16)22)14(20-15)19-10-5-4-6-11(21)7-10/h8,10-11,21H,2-7H2,1H3,(H2,16,22)(H2,17,18,19,20)/t10-,11+/m1/s1. The number of amides is 1. The van der Waals surface area contributed by atoms with Crippen molar-refractivity contribution in [2.75, 3.05) is 10.6 Å². The molecule has 1 saturated carbocycles. The van der Waals surface area contributed by atoms with E-state index in [1.807, 2.05) is 6.92 Å². The van der Waals surface area contributed by atoms with Crippen molar-refractivity contribution < 1.29 is 9.90 Å². The zero-order chi connectivity index (χ0) is 16.1. The van der Waals surface area contributed by atoms with Gasteiger partial charge in [0.25, 0.3) is 5.91 Å². The summed E-state index contributed by atoms with van der Waals surface area (Å²) in [7, 11) is 0. The van der Waals surface area contributed by atoms with Gasteiger partial charge in [-0.15, -0.1) is 0 Å². The lowest BCUT2D eigenvalue weighted by molar-refractivity contribution is 0.100. The molecule has 2 atom stereocenters. The van der Waals surface area contributed by atoms with Gasteiger partial charge in [0.1, 0.15) is 5.82 Å². The molecule has 0 unspecified atom stereocenters. The van der Waals surface area contributed by atoms with E-state index in [2.05, 4.69) is 27.2 Å². The van der Waals surface area contributed by atoms with Gasteiger partial charge in [0.05, 0.1) is 11.7 Å². The Hall–Kier alpha value is -2.15. The molecule has 1 amide bonds. The molecule has 2 rings (SSSR count). The molecule has 1 aromatic heterocycles. The van der Waals surface area contributed by atoms with Crippen LogP contribution in [0.25, 0.3) is 0 Å². The molecule has 120 valence electrons. The smallest absolute Gasteiger partial charge is 0.254 e. The summed E-state index contributed by atoms with van der Waals surface area (Å²) in [6.07, 6.45) is 5.14. The van der Waals surface area contributed by atoms with E-state index in [9.17, 15) is 9.90 Å². The first-order valence-electron chi connectivity index (χ1n) is 7.55. The van der Waals surface area contributed by atoms with E-state index in [1.165, 1.54) is 6.20 Å². The first-order valence-corrected chi connectivity index (χ1v) is 7.55. The Kier molecular flexibility index (Phi) is 5.32. The number of aliphatic hydroxyl groups excluding tert-OH is 1. The van der Waals surface area contributed by atoms with Gasteiger partial charge in [-0.2, -0.15) is 4.98 Å². The summed E-state index contributed by atoms with van der Waals surface area (Å²) in [5.41, 5.74) is 6.40. The molecule has 1 fully saturated rings. The highest BCUT2D eigenvalue weighted by atomic mass is 16.3. The molecule has 0 aromatic carbocycles. The number of nitrogens with two attached hydrogens (primary N) is 1. The molecule has 5 N–H and O–H groups in total. The number of anilines is 2. The van der Waals surface area contributed by atoms with Crippen LogP contribution < -0.4 is 16.4 Å². The highest BCUT2D eigenvalue weighted by Crippen LogP contribution is 2.23. The topological polar surface area (TPSA) is 113 Å². The summed E-state index contributed by atoms with van der Waals surface area (Å²) in [6.45, 7) is 5.81. The van der Waals surface area contributed by atoms with Crippen molar-refractivity contribution in [3.63, 3.8) is 0 Å². The third-order valence-corrected chi connectivity index (χ3v) is 3.76. The fourth-order valence-corrected chi connectivity index (χ4v) is 2.47. The van der Waals surface area contributed by atoms with Crippen molar-refractivity contribution in [1.29, 1.82) is 0 Å². The molecule has 0 bridgehead atoms. The highest BCUT2D eigenvalue weighted by Gasteiger charge is 2.22. The zero-order valence-electron chi connectivity index (χ0n) is 12.8. The van der Waals surface area contributed by atoms with Crippen molar-refractivity contribution in [3.8, 4) is 0 Å². The van der Waals surface area contributed by atoms with Crippen LogP contribution in [0.15, 0.2) is 18.5 Å². The third-order valence-electron chi connectivity index (χ3n) is 3.76. The second-order valence-electron chi connectivity index (χ2n) is 5.56. The second-order valence-corrected chi connectivity index (χ2v) is 5.56. The maximum Gasteiger partial charge on any atom is 0.254 e. The normalized spacial score (nSPS) is 21.2. The molecule has 0 saturated heterocycles. The number of primary amides is 1. The van der Waals surface area contributed by atoms with E-state index in [0.717, 1.165) is 31.4 Å². The van der Waals surface area contributed by atoms with Gasteiger partial charge >= 0.3 is 0 Å². The Bertz CT molecular complexity index is 561. The summed E-state index contributed by atoms with van der Waals surface area (Å²) < 4.78 is 0. The number of allylic oxidation sites excluding steroid dienone is 1. The maximum absolute atomic E-state index is 11.5. The van der Waals surface area contributed by atoms with E-state index >= 15 is 0 Å². The van der Waals surface area contributed by atoms with Crippen LogP contribution >= 0.6 is 0 Å². The molecule has 0 radical (unpaired) electrons. The molecule has 1 aromatic rings. The molecule has 1 aliphatic carbocycles. The molecule has 1 heterocycles. The molecule has 0 spiro atoms. The Labute approximate surface area is 130 Å². The number of rotatable bonds is 6. The van der Waals surface area contributed by atoms with Gasteiger partial charge in [0.2, 0.25) is 5.95 Å². The Morgan fingerprint density at radius 2 is 2.32 bits per heavy atom. The van der Waals surface area contributed by atoms with Gasteiger partial charge < -0.3 is 21.5 Å². The Morgan fingerprint density at radius 1 is 1.55 bits per heavy atom. The second kappa shape index (κ2) is 7.22. The molecule has 7 heteroatoms. The van der Waals surface area contributed by atoms with Crippen LogP contribution in [0, 0.1) is 0 Å². The van der Waals surface area contributed by atoms with E-state index in [1.54, 1.807) is 0 Å². The number of aliphatic hydroxyl groups is 1. The van der Waals surface area contributed by atoms with Gasteiger partial charge in [-0.3, -0.25) is 4.79 Å². The molecule has 1 aliphatic rings. The molecule has 22 heavy (non-hydrogen) atoms. The quantitative estimate of drug-likeness (QED) is 0.635. The van der Waals surface area contributed by atoms with Crippen LogP contribution in [0.3, 0.4) is 0 Å². The van der Waals surface area contributed by atoms with E-state index in [0.29, 0.717) is 18.2 Å². The van der Waals surface area contributed by atoms with E-state index in [4.69, 9.17) is 5.73 Å². The summed E-state index contributed by atoms with van der Waals surface area (Å²) in [6, 6.07) is 0.0685. The molecule has 0 aliphatic heterocycles. The van der Waals surface area contributed by atoms with Crippen molar-refractivity contribution in [3.05, 3.63) is 24.0 Å². The number of hydrogen-bond donors (Lipinski definition) is 4. The van der Waals surface area contributed by atoms with Crippen molar-refractivity contribution in [2.24, 2.45) is 5.73 Å². The minimum atomic E-state index is -0.584. The average molecular weight is 305 g/mol. The SMILES string of the molecule is C=C(CC)Nc1ncc(C(N)=O)c(N[C@@H]2CCC[C@H](O)C2)n1. The number of carbonyl (C=O) groups is 1. The first kappa shape index (κ1) is 16.2. The fraction of sp³-hybridized carbons (Fsp3) is 0.533. The number of aromatic nitrogens is 2. The van der Waals surface area contributed by atoms with Gasteiger partial charge in [0.15, 0.2) is 0 Å². The van der Waals surface area contributed by atoms with Crippen LogP contribution in [0.5, 0.6) is 0 Å².